The second-order valence-corrected chi connectivity index (χ2v) is 5.51. The van der Waals surface area contributed by atoms with Crippen molar-refractivity contribution < 1.29 is 14.8 Å². The van der Waals surface area contributed by atoms with Crippen LogP contribution in [0.3, 0.4) is 0 Å². The summed E-state index contributed by atoms with van der Waals surface area (Å²) in [5.74, 6) is -1.09. The molecule has 3 nitrogen and oxygen atoms in total. The van der Waals surface area contributed by atoms with E-state index in [0.717, 1.165) is 24.7 Å². The molecule has 1 aromatic carbocycles. The van der Waals surface area contributed by atoms with Crippen molar-refractivity contribution in [3.63, 3.8) is 0 Å². The lowest BCUT2D eigenvalue weighted by Crippen LogP contribution is -3.14. The van der Waals surface area contributed by atoms with Crippen LogP contribution in [-0.2, 0) is 6.54 Å². The zero-order valence-corrected chi connectivity index (χ0v) is 11.7. The molecular formula is C16H23NO2. The molecule has 1 saturated carbocycles. The number of quaternary nitrogens is 1. The van der Waals surface area contributed by atoms with E-state index >= 15 is 0 Å². The molecule has 1 aliphatic carbocycles. The molecule has 104 valence electrons. The number of carboxylic acid groups (broad SMARTS) is 1. The molecule has 1 aliphatic rings. The number of carbonyl (C=O) groups excluding carboxylic acids is 1. The topological polar surface area (TPSA) is 44.6 Å². The molecule has 0 aromatic heterocycles. The molecule has 0 spiro atoms. The largest absolute Gasteiger partial charge is 0.545 e. The van der Waals surface area contributed by atoms with Gasteiger partial charge in [-0.2, -0.15) is 0 Å². The lowest BCUT2D eigenvalue weighted by Gasteiger charge is -2.30. The summed E-state index contributed by atoms with van der Waals surface area (Å²) in [6.45, 7) is 4.23. The quantitative estimate of drug-likeness (QED) is 0.851. The molecule has 0 amide bonds. The summed E-state index contributed by atoms with van der Waals surface area (Å²) in [4.78, 5) is 12.5. The van der Waals surface area contributed by atoms with E-state index in [2.05, 4.69) is 6.92 Å². The lowest BCUT2D eigenvalue weighted by atomic mass is 9.94. The van der Waals surface area contributed by atoms with Crippen LogP contribution in [-0.4, -0.2) is 18.6 Å². The van der Waals surface area contributed by atoms with Gasteiger partial charge in [-0.15, -0.1) is 0 Å². The molecular weight excluding hydrogens is 238 g/mol. The molecule has 1 atom stereocenters. The average molecular weight is 261 g/mol. The Morgan fingerprint density at radius 1 is 1.32 bits per heavy atom. The van der Waals surface area contributed by atoms with Crippen LogP contribution in [0.1, 0.15) is 54.9 Å². The van der Waals surface area contributed by atoms with Crippen LogP contribution in [0.25, 0.3) is 0 Å². The number of rotatable bonds is 5. The van der Waals surface area contributed by atoms with Gasteiger partial charge in [0.15, 0.2) is 0 Å². The molecule has 1 N–H and O–H groups in total. The fraction of sp³-hybridized carbons (Fsp3) is 0.562. The van der Waals surface area contributed by atoms with Crippen molar-refractivity contribution in [1.82, 2.24) is 0 Å². The standard InChI is InChI=1S/C16H23NO2/c1-2-17(15-9-4-3-5-10-15)12-13-7-6-8-14(11-13)16(18)19/h6-8,11,15H,2-5,9-10,12H2,1H3,(H,18,19). The second kappa shape index (κ2) is 6.71. The molecule has 19 heavy (non-hydrogen) atoms. The van der Waals surface area contributed by atoms with Crippen LogP contribution in [0.4, 0.5) is 0 Å². The Balaban J connectivity index is 2.04. The fourth-order valence-corrected chi connectivity index (χ4v) is 3.14. The van der Waals surface area contributed by atoms with Gasteiger partial charge in [-0.05, 0) is 44.2 Å². The second-order valence-electron chi connectivity index (χ2n) is 5.51. The van der Waals surface area contributed by atoms with Crippen molar-refractivity contribution in [2.24, 2.45) is 0 Å². The van der Waals surface area contributed by atoms with Gasteiger partial charge in [0.2, 0.25) is 0 Å². The zero-order valence-electron chi connectivity index (χ0n) is 11.7. The van der Waals surface area contributed by atoms with E-state index < -0.39 is 5.97 Å². The van der Waals surface area contributed by atoms with Gasteiger partial charge < -0.3 is 14.8 Å². The van der Waals surface area contributed by atoms with Gasteiger partial charge in [0.05, 0.1) is 18.6 Å². The zero-order chi connectivity index (χ0) is 13.7. The molecule has 0 aliphatic heterocycles. The van der Waals surface area contributed by atoms with E-state index in [-0.39, 0.29) is 5.56 Å². The molecule has 1 unspecified atom stereocenters. The van der Waals surface area contributed by atoms with Gasteiger partial charge in [0.1, 0.15) is 6.54 Å². The maximum Gasteiger partial charge on any atom is 0.103 e. The third-order valence-electron chi connectivity index (χ3n) is 4.23. The van der Waals surface area contributed by atoms with E-state index in [9.17, 15) is 9.90 Å². The van der Waals surface area contributed by atoms with Crippen LogP contribution in [0.5, 0.6) is 0 Å². The predicted molar refractivity (Wildman–Crippen MR) is 72.9 cm³/mol. The first-order chi connectivity index (χ1) is 9.20. The highest BCUT2D eigenvalue weighted by molar-refractivity contribution is 5.85. The number of benzene rings is 1. The van der Waals surface area contributed by atoms with Gasteiger partial charge in [0.25, 0.3) is 0 Å². The Hall–Kier alpha value is -1.35. The van der Waals surface area contributed by atoms with Crippen molar-refractivity contribution in [2.45, 2.75) is 51.6 Å². The summed E-state index contributed by atoms with van der Waals surface area (Å²) < 4.78 is 0. The summed E-state index contributed by atoms with van der Waals surface area (Å²) in [6, 6.07) is 7.93. The van der Waals surface area contributed by atoms with E-state index in [1.807, 2.05) is 12.1 Å². The molecule has 0 bridgehead atoms. The summed E-state index contributed by atoms with van der Waals surface area (Å²) >= 11 is 0. The molecule has 1 aromatic rings. The molecule has 0 saturated heterocycles. The monoisotopic (exact) mass is 261 g/mol. The predicted octanol–water partition coefficient (Wildman–Crippen LogP) is 0.788. The van der Waals surface area contributed by atoms with Crippen molar-refractivity contribution in [1.29, 1.82) is 0 Å². The first kappa shape index (κ1) is 14.1. The minimum absolute atomic E-state index is 0.289. The minimum Gasteiger partial charge on any atom is -0.545 e. The van der Waals surface area contributed by atoms with E-state index in [1.54, 1.807) is 17.0 Å². The normalized spacial score (nSPS) is 18.2. The number of carbonyl (C=O) groups is 1. The average Bonchev–Trinajstić information content (AvgIpc) is 2.46. The third-order valence-corrected chi connectivity index (χ3v) is 4.23. The smallest absolute Gasteiger partial charge is 0.103 e. The summed E-state index contributed by atoms with van der Waals surface area (Å²) in [6.07, 6.45) is 6.67. The van der Waals surface area contributed by atoms with Gasteiger partial charge >= 0.3 is 0 Å². The molecule has 3 heteroatoms. The summed E-state index contributed by atoms with van der Waals surface area (Å²) in [5, 5.41) is 10.9. The molecule has 1 fully saturated rings. The van der Waals surface area contributed by atoms with Crippen LogP contribution < -0.4 is 10.0 Å². The number of aromatic carboxylic acids is 1. The molecule has 2 rings (SSSR count). The Morgan fingerprint density at radius 3 is 2.68 bits per heavy atom. The van der Waals surface area contributed by atoms with Gasteiger partial charge in [-0.3, -0.25) is 0 Å². The van der Waals surface area contributed by atoms with Crippen LogP contribution in [0, 0.1) is 0 Å². The molecule has 0 heterocycles. The maximum absolute atomic E-state index is 10.9. The van der Waals surface area contributed by atoms with Crippen molar-refractivity contribution in [3.8, 4) is 0 Å². The van der Waals surface area contributed by atoms with Gasteiger partial charge in [0, 0.05) is 5.56 Å². The van der Waals surface area contributed by atoms with E-state index in [4.69, 9.17) is 0 Å². The fourth-order valence-electron chi connectivity index (χ4n) is 3.14. The number of carboxylic acids is 1. The van der Waals surface area contributed by atoms with E-state index in [0.29, 0.717) is 0 Å². The summed E-state index contributed by atoms with van der Waals surface area (Å²) in [7, 11) is 0. The van der Waals surface area contributed by atoms with Crippen molar-refractivity contribution in [2.75, 3.05) is 6.54 Å². The first-order valence-corrected chi connectivity index (χ1v) is 7.35. The van der Waals surface area contributed by atoms with Crippen molar-refractivity contribution >= 4 is 5.97 Å². The molecule has 0 radical (unpaired) electrons. The number of hydrogen-bond acceptors (Lipinski definition) is 2. The van der Waals surface area contributed by atoms with E-state index in [1.165, 1.54) is 32.1 Å². The van der Waals surface area contributed by atoms with Crippen molar-refractivity contribution in [3.05, 3.63) is 35.4 Å². The highest BCUT2D eigenvalue weighted by atomic mass is 16.4. The van der Waals surface area contributed by atoms with Crippen LogP contribution >= 0.6 is 0 Å². The lowest BCUT2D eigenvalue weighted by molar-refractivity contribution is -0.938. The first-order valence-electron chi connectivity index (χ1n) is 7.35. The minimum atomic E-state index is -1.09. The SMILES string of the molecule is CC[NH+](Cc1cccc(C(=O)[O-])c1)C1CCCCC1. The Morgan fingerprint density at radius 2 is 2.05 bits per heavy atom. The number of hydrogen-bond donors (Lipinski definition) is 1. The summed E-state index contributed by atoms with van der Waals surface area (Å²) in [5.41, 5.74) is 1.39. The van der Waals surface area contributed by atoms with Crippen LogP contribution in [0.15, 0.2) is 24.3 Å². The Labute approximate surface area is 115 Å². The van der Waals surface area contributed by atoms with Crippen LogP contribution in [0.2, 0.25) is 0 Å². The highest BCUT2D eigenvalue weighted by Gasteiger charge is 2.23. The maximum atomic E-state index is 10.9. The number of nitrogens with one attached hydrogen (secondary N) is 1. The van der Waals surface area contributed by atoms with Gasteiger partial charge in [-0.1, -0.05) is 24.6 Å². The third kappa shape index (κ3) is 3.80. The van der Waals surface area contributed by atoms with Gasteiger partial charge in [-0.25, -0.2) is 0 Å². The Kier molecular flexibility index (Phi) is 4.97. The Bertz CT molecular complexity index is 425. The highest BCUT2D eigenvalue weighted by Crippen LogP contribution is 2.15.